The Morgan fingerprint density at radius 1 is 1.27 bits per heavy atom. The van der Waals surface area contributed by atoms with Gasteiger partial charge >= 0.3 is 0 Å². The number of allylic oxidation sites excluding steroid dienone is 5. The molecular weight excluding hydrogens is 136 g/mol. The Kier molecular flexibility index (Phi) is 4.20. The molecule has 0 aliphatic carbocycles. The fraction of sp³-hybridized carbons (Fsp3) is 0.111. The average Bonchev–Trinajstić information content (AvgIpc) is 2.05. The van der Waals surface area contributed by atoms with Gasteiger partial charge in [-0.05, 0) is 13.0 Å². The average molecular weight is 144 g/mol. The zero-order chi connectivity index (χ0) is 8.69. The minimum Gasteiger partial charge on any atom is -0.192 e. The van der Waals surface area contributed by atoms with Crippen molar-refractivity contribution in [1.29, 1.82) is 10.5 Å². The lowest BCUT2D eigenvalue weighted by molar-refractivity contribution is 1.42. The van der Waals surface area contributed by atoms with E-state index in [1.807, 2.05) is 12.1 Å². The van der Waals surface area contributed by atoms with Crippen molar-refractivity contribution >= 4 is 0 Å². The second-order valence-corrected chi connectivity index (χ2v) is 1.74. The third kappa shape index (κ3) is 2.51. The number of hydrogen-bond acceptors (Lipinski definition) is 2. The molecule has 0 atom stereocenters. The van der Waals surface area contributed by atoms with Gasteiger partial charge in [-0.15, -0.1) is 0 Å². The van der Waals surface area contributed by atoms with Crippen LogP contribution in [0.4, 0.5) is 0 Å². The second-order valence-electron chi connectivity index (χ2n) is 1.74. The molecule has 0 fully saturated rings. The Morgan fingerprint density at radius 2 is 1.82 bits per heavy atom. The van der Waals surface area contributed by atoms with Crippen LogP contribution in [0.2, 0.25) is 0 Å². The molecule has 0 amide bonds. The van der Waals surface area contributed by atoms with E-state index in [0.717, 1.165) is 0 Å². The lowest BCUT2D eigenvalue weighted by Gasteiger charge is -1.89. The van der Waals surface area contributed by atoms with Gasteiger partial charge < -0.3 is 0 Å². The molecule has 0 radical (unpaired) electrons. The van der Waals surface area contributed by atoms with Crippen LogP contribution >= 0.6 is 0 Å². The molecule has 2 nitrogen and oxygen atoms in total. The zero-order valence-corrected chi connectivity index (χ0v) is 6.33. The van der Waals surface area contributed by atoms with Gasteiger partial charge in [-0.1, -0.05) is 18.7 Å². The van der Waals surface area contributed by atoms with Gasteiger partial charge in [0.15, 0.2) is 0 Å². The van der Waals surface area contributed by atoms with Crippen molar-refractivity contribution in [3.05, 3.63) is 36.0 Å². The quantitative estimate of drug-likeness (QED) is 0.440. The Balaban J connectivity index is 4.85. The summed E-state index contributed by atoms with van der Waals surface area (Å²) in [6.45, 7) is 5.15. The van der Waals surface area contributed by atoms with Crippen LogP contribution in [-0.2, 0) is 0 Å². The summed E-state index contributed by atoms with van der Waals surface area (Å²) in [5.41, 5.74) is 0.734. The van der Waals surface area contributed by atoms with Gasteiger partial charge in [0.05, 0.1) is 11.1 Å². The van der Waals surface area contributed by atoms with Crippen LogP contribution in [0, 0.1) is 22.7 Å². The minimum absolute atomic E-state index is 0.352. The zero-order valence-electron chi connectivity index (χ0n) is 6.33. The molecule has 11 heavy (non-hydrogen) atoms. The van der Waals surface area contributed by atoms with Gasteiger partial charge in [-0.2, -0.15) is 10.5 Å². The summed E-state index contributed by atoms with van der Waals surface area (Å²) in [6, 6.07) is 3.81. The van der Waals surface area contributed by atoms with E-state index in [2.05, 4.69) is 6.58 Å². The topological polar surface area (TPSA) is 47.6 Å². The van der Waals surface area contributed by atoms with Gasteiger partial charge in [0, 0.05) is 0 Å². The molecule has 0 saturated heterocycles. The van der Waals surface area contributed by atoms with Crippen LogP contribution in [0.1, 0.15) is 6.92 Å². The Morgan fingerprint density at radius 3 is 2.09 bits per heavy atom. The monoisotopic (exact) mass is 144 g/mol. The first-order valence-corrected chi connectivity index (χ1v) is 3.09. The molecule has 0 unspecified atom stereocenters. The van der Waals surface area contributed by atoms with Crippen molar-refractivity contribution in [2.75, 3.05) is 0 Å². The lowest BCUT2D eigenvalue weighted by Crippen LogP contribution is -1.81. The van der Waals surface area contributed by atoms with E-state index in [1.165, 1.54) is 12.2 Å². The SMILES string of the molecule is C=C/C=C(C#N)\C(C#N)=C/C. The molecule has 0 aromatic carbocycles. The van der Waals surface area contributed by atoms with E-state index in [4.69, 9.17) is 10.5 Å². The fourth-order valence-electron chi connectivity index (χ4n) is 0.585. The van der Waals surface area contributed by atoms with Crippen molar-refractivity contribution in [3.63, 3.8) is 0 Å². The van der Waals surface area contributed by atoms with Gasteiger partial charge in [-0.25, -0.2) is 0 Å². The van der Waals surface area contributed by atoms with Gasteiger partial charge in [0.1, 0.15) is 12.1 Å². The molecule has 0 aromatic rings. The number of hydrogen-bond donors (Lipinski definition) is 0. The third-order valence-corrected chi connectivity index (χ3v) is 1.10. The van der Waals surface area contributed by atoms with Crippen molar-refractivity contribution < 1.29 is 0 Å². The van der Waals surface area contributed by atoms with Crippen LogP contribution < -0.4 is 0 Å². The predicted molar refractivity (Wildman–Crippen MR) is 43.3 cm³/mol. The highest BCUT2D eigenvalue weighted by Gasteiger charge is 1.98. The van der Waals surface area contributed by atoms with E-state index in [0.29, 0.717) is 11.1 Å². The molecule has 0 spiro atoms. The first-order valence-electron chi connectivity index (χ1n) is 3.09. The molecule has 0 bridgehead atoms. The maximum Gasteiger partial charge on any atom is 0.100 e. The summed E-state index contributed by atoms with van der Waals surface area (Å²) in [5.74, 6) is 0. The number of nitriles is 2. The number of rotatable bonds is 2. The summed E-state index contributed by atoms with van der Waals surface area (Å²) < 4.78 is 0. The molecular formula is C9H8N2. The maximum atomic E-state index is 8.53. The van der Waals surface area contributed by atoms with Crippen LogP contribution in [0.15, 0.2) is 36.0 Å². The number of nitrogens with zero attached hydrogens (tertiary/aromatic N) is 2. The highest BCUT2D eigenvalue weighted by atomic mass is 14.3. The Hall–Kier alpha value is -1.80. The molecule has 0 aliphatic heterocycles. The van der Waals surface area contributed by atoms with Crippen LogP contribution in [-0.4, -0.2) is 0 Å². The summed E-state index contributed by atoms with van der Waals surface area (Å²) in [4.78, 5) is 0. The van der Waals surface area contributed by atoms with E-state index >= 15 is 0 Å². The fourth-order valence-corrected chi connectivity index (χ4v) is 0.585. The molecule has 0 heterocycles. The third-order valence-electron chi connectivity index (χ3n) is 1.10. The van der Waals surface area contributed by atoms with Gasteiger partial charge in [0.25, 0.3) is 0 Å². The Labute approximate surface area is 66.4 Å². The molecule has 2 heteroatoms. The first kappa shape index (κ1) is 9.20. The normalized spacial score (nSPS) is 11.5. The smallest absolute Gasteiger partial charge is 0.100 e. The van der Waals surface area contributed by atoms with Crippen LogP contribution in [0.5, 0.6) is 0 Å². The molecule has 0 N–H and O–H groups in total. The van der Waals surface area contributed by atoms with E-state index < -0.39 is 0 Å². The van der Waals surface area contributed by atoms with Gasteiger partial charge in [-0.3, -0.25) is 0 Å². The predicted octanol–water partition coefficient (Wildman–Crippen LogP) is 2.09. The van der Waals surface area contributed by atoms with Crippen LogP contribution in [0.25, 0.3) is 0 Å². The van der Waals surface area contributed by atoms with Crippen molar-refractivity contribution in [2.24, 2.45) is 0 Å². The van der Waals surface area contributed by atoms with Crippen molar-refractivity contribution in [2.45, 2.75) is 6.92 Å². The summed E-state index contributed by atoms with van der Waals surface area (Å²) in [5, 5.41) is 17.0. The van der Waals surface area contributed by atoms with E-state index in [-0.39, 0.29) is 0 Å². The lowest BCUT2D eigenvalue weighted by atomic mass is 10.1. The van der Waals surface area contributed by atoms with Crippen molar-refractivity contribution in [3.8, 4) is 12.1 Å². The summed E-state index contributed by atoms with van der Waals surface area (Å²) in [7, 11) is 0. The van der Waals surface area contributed by atoms with Crippen LogP contribution in [0.3, 0.4) is 0 Å². The second kappa shape index (κ2) is 5.02. The molecule has 0 rings (SSSR count). The molecule has 0 aromatic heterocycles. The molecule has 0 saturated carbocycles. The van der Waals surface area contributed by atoms with E-state index in [1.54, 1.807) is 13.0 Å². The standard InChI is InChI=1S/C9H8N2/c1-3-5-9(7-11)8(4-2)6-10/h3-5H,1H2,2H3/b8-4-,9-5-. The minimum atomic E-state index is 0.352. The highest BCUT2D eigenvalue weighted by molar-refractivity contribution is 5.50. The van der Waals surface area contributed by atoms with Crippen molar-refractivity contribution in [1.82, 2.24) is 0 Å². The molecule has 0 aliphatic rings. The highest BCUT2D eigenvalue weighted by Crippen LogP contribution is 2.06. The first-order chi connectivity index (χ1) is 5.29. The molecule has 54 valence electrons. The largest absolute Gasteiger partial charge is 0.192 e. The van der Waals surface area contributed by atoms with E-state index in [9.17, 15) is 0 Å². The van der Waals surface area contributed by atoms with Gasteiger partial charge in [0.2, 0.25) is 0 Å². The maximum absolute atomic E-state index is 8.53. The Bertz CT molecular complexity index is 282. The summed E-state index contributed by atoms with van der Waals surface area (Å²) in [6.07, 6.45) is 4.59. The summed E-state index contributed by atoms with van der Waals surface area (Å²) >= 11 is 0.